The van der Waals surface area contributed by atoms with Crippen molar-refractivity contribution < 1.29 is 14.8 Å². The lowest BCUT2D eigenvalue weighted by atomic mass is 10.1. The Bertz CT molecular complexity index is 1550. The highest BCUT2D eigenvalue weighted by atomic mass is 16.6. The molecule has 3 aromatic carbocycles. The molecular weight excluding hydrogens is 498 g/mol. The summed E-state index contributed by atoms with van der Waals surface area (Å²) in [5.74, 6) is -0.842. The third-order valence-corrected chi connectivity index (χ3v) is 6.87. The smallest absolute Gasteiger partial charge is 0.295 e. The third kappa shape index (κ3) is 5.64. The molecule has 11 nitrogen and oxygen atoms in total. The number of para-hydroxylation sites is 1. The number of aromatic nitrogens is 1. The van der Waals surface area contributed by atoms with Crippen LogP contribution in [0.5, 0.6) is 5.88 Å². The van der Waals surface area contributed by atoms with E-state index < -0.39 is 10.8 Å². The van der Waals surface area contributed by atoms with Gasteiger partial charge in [-0.15, -0.1) is 10.2 Å². The molecule has 5 rings (SSSR count). The number of likely N-dealkylation sites (N-methyl/N-ethyl adjacent to an activating group) is 1. The maximum absolute atomic E-state index is 12.9. The number of hydrogen-bond acceptors (Lipinski definition) is 8. The number of carbonyl (C=O) groups excluding carboxylic acids is 1. The van der Waals surface area contributed by atoms with Gasteiger partial charge in [-0.1, -0.05) is 35.9 Å². The number of azo groups is 1. The van der Waals surface area contributed by atoms with Crippen LogP contribution in [0.4, 0.5) is 22.7 Å². The molecule has 39 heavy (non-hydrogen) atoms. The SMILES string of the molecule is Cc1ccc(Nc2ccc(C(=O)N=Nc3c(O)n(CN4CCN(C)CC4)c4ccccc34)cc2[N+](=O)[O-])cc1. The number of amides is 1. The van der Waals surface area contributed by atoms with E-state index in [4.69, 9.17) is 0 Å². The van der Waals surface area contributed by atoms with Crippen LogP contribution in [0.25, 0.3) is 10.9 Å². The van der Waals surface area contributed by atoms with Gasteiger partial charge in [-0.25, -0.2) is 0 Å². The minimum atomic E-state index is -0.754. The summed E-state index contributed by atoms with van der Waals surface area (Å²) in [6.45, 7) is 6.03. The lowest BCUT2D eigenvalue weighted by molar-refractivity contribution is -0.383. The molecule has 2 N–H and O–H groups in total. The van der Waals surface area contributed by atoms with Crippen LogP contribution in [0.15, 0.2) is 77.0 Å². The highest BCUT2D eigenvalue weighted by Crippen LogP contribution is 2.39. The van der Waals surface area contributed by atoms with Gasteiger partial charge in [0.2, 0.25) is 5.88 Å². The van der Waals surface area contributed by atoms with Crippen LogP contribution in [0, 0.1) is 17.0 Å². The van der Waals surface area contributed by atoms with E-state index in [1.165, 1.54) is 18.2 Å². The number of fused-ring (bicyclic) bond motifs is 1. The molecule has 2 heterocycles. The zero-order valence-electron chi connectivity index (χ0n) is 21.7. The summed E-state index contributed by atoms with van der Waals surface area (Å²) in [6.07, 6.45) is 0. The van der Waals surface area contributed by atoms with Gasteiger partial charge < -0.3 is 15.3 Å². The molecule has 1 aromatic heterocycles. The molecular formula is C28H29N7O4. The Balaban J connectivity index is 1.40. The van der Waals surface area contributed by atoms with Gasteiger partial charge in [0.15, 0.2) is 5.69 Å². The lowest BCUT2D eigenvalue weighted by Gasteiger charge is -2.32. The number of anilines is 2. The highest BCUT2D eigenvalue weighted by molar-refractivity contribution is 5.98. The number of carbonyl (C=O) groups is 1. The minimum Gasteiger partial charge on any atom is -0.493 e. The van der Waals surface area contributed by atoms with Crippen molar-refractivity contribution >= 4 is 39.6 Å². The molecule has 1 saturated heterocycles. The zero-order valence-corrected chi connectivity index (χ0v) is 21.7. The summed E-state index contributed by atoms with van der Waals surface area (Å²) in [7, 11) is 2.08. The molecule has 1 amide bonds. The molecule has 1 aliphatic rings. The first-order valence-electron chi connectivity index (χ1n) is 12.6. The van der Waals surface area contributed by atoms with Crippen molar-refractivity contribution in [2.45, 2.75) is 13.6 Å². The van der Waals surface area contributed by atoms with E-state index in [0.29, 0.717) is 17.7 Å². The van der Waals surface area contributed by atoms with Gasteiger partial charge >= 0.3 is 0 Å². The maximum atomic E-state index is 12.9. The number of aryl methyl sites for hydroxylation is 1. The van der Waals surface area contributed by atoms with Gasteiger partial charge in [-0.3, -0.25) is 24.4 Å². The van der Waals surface area contributed by atoms with Gasteiger partial charge in [0, 0.05) is 43.3 Å². The number of benzene rings is 3. The summed E-state index contributed by atoms with van der Waals surface area (Å²) < 4.78 is 1.76. The largest absolute Gasteiger partial charge is 0.493 e. The first-order chi connectivity index (χ1) is 18.8. The van der Waals surface area contributed by atoms with Crippen molar-refractivity contribution in [3.05, 3.63) is 88.0 Å². The van der Waals surface area contributed by atoms with E-state index >= 15 is 0 Å². The molecule has 0 radical (unpaired) electrons. The van der Waals surface area contributed by atoms with Crippen LogP contribution in [0.2, 0.25) is 0 Å². The van der Waals surface area contributed by atoms with E-state index in [-0.39, 0.29) is 28.5 Å². The number of piperazine rings is 1. The number of nitro groups is 1. The Labute approximate surface area is 225 Å². The second-order valence-corrected chi connectivity index (χ2v) is 9.67. The number of nitrogens with zero attached hydrogens (tertiary/aromatic N) is 6. The topological polar surface area (TPSA) is 129 Å². The van der Waals surface area contributed by atoms with Crippen LogP contribution in [0.1, 0.15) is 15.9 Å². The Morgan fingerprint density at radius 1 is 1.05 bits per heavy atom. The summed E-state index contributed by atoms with van der Waals surface area (Å²) in [5.41, 5.74) is 2.71. The minimum absolute atomic E-state index is 0.0144. The van der Waals surface area contributed by atoms with Gasteiger partial charge in [0.25, 0.3) is 11.6 Å². The second-order valence-electron chi connectivity index (χ2n) is 9.67. The third-order valence-electron chi connectivity index (χ3n) is 6.87. The average molecular weight is 528 g/mol. The number of rotatable bonds is 7. The van der Waals surface area contributed by atoms with Crippen LogP contribution >= 0.6 is 0 Å². The Kier molecular flexibility index (Phi) is 7.35. The zero-order chi connectivity index (χ0) is 27.5. The predicted octanol–water partition coefficient (Wildman–Crippen LogP) is 5.44. The normalized spacial score (nSPS) is 14.7. The number of nitrogens with one attached hydrogen (secondary N) is 1. The summed E-state index contributed by atoms with van der Waals surface area (Å²) >= 11 is 0. The quantitative estimate of drug-likeness (QED) is 0.186. The summed E-state index contributed by atoms with van der Waals surface area (Å²) in [4.78, 5) is 28.6. The van der Waals surface area contributed by atoms with Gasteiger partial charge in [-0.05, 0) is 44.3 Å². The van der Waals surface area contributed by atoms with Crippen LogP contribution in [0.3, 0.4) is 0 Å². The van der Waals surface area contributed by atoms with Crippen molar-refractivity contribution in [2.75, 3.05) is 38.5 Å². The molecule has 11 heteroatoms. The molecule has 1 aliphatic heterocycles. The van der Waals surface area contributed by atoms with E-state index in [1.807, 2.05) is 55.5 Å². The monoisotopic (exact) mass is 527 g/mol. The van der Waals surface area contributed by atoms with Crippen molar-refractivity contribution in [1.82, 2.24) is 14.4 Å². The molecule has 0 spiro atoms. The van der Waals surface area contributed by atoms with Gasteiger partial charge in [0.1, 0.15) is 5.69 Å². The van der Waals surface area contributed by atoms with Crippen molar-refractivity contribution in [3.63, 3.8) is 0 Å². The van der Waals surface area contributed by atoms with Gasteiger partial charge in [-0.2, -0.15) is 0 Å². The molecule has 0 unspecified atom stereocenters. The summed E-state index contributed by atoms with van der Waals surface area (Å²) in [5, 5.41) is 34.4. The average Bonchev–Trinajstić information content (AvgIpc) is 3.20. The Hall–Kier alpha value is -4.61. The Morgan fingerprint density at radius 2 is 1.77 bits per heavy atom. The molecule has 200 valence electrons. The van der Waals surface area contributed by atoms with E-state index in [2.05, 4.69) is 32.4 Å². The molecule has 0 bridgehead atoms. The molecule has 1 fully saturated rings. The predicted molar refractivity (Wildman–Crippen MR) is 149 cm³/mol. The van der Waals surface area contributed by atoms with Crippen LogP contribution in [-0.4, -0.2) is 63.5 Å². The lowest BCUT2D eigenvalue weighted by Crippen LogP contribution is -2.44. The fourth-order valence-corrected chi connectivity index (χ4v) is 4.57. The number of nitro benzene ring substituents is 1. The first kappa shape index (κ1) is 26.0. The molecule has 4 aromatic rings. The van der Waals surface area contributed by atoms with Crippen LogP contribution in [-0.2, 0) is 6.67 Å². The van der Waals surface area contributed by atoms with Crippen LogP contribution < -0.4 is 5.32 Å². The second kappa shape index (κ2) is 11.0. The van der Waals surface area contributed by atoms with Crippen molar-refractivity contribution in [2.24, 2.45) is 10.2 Å². The highest BCUT2D eigenvalue weighted by Gasteiger charge is 2.22. The van der Waals surface area contributed by atoms with E-state index in [0.717, 1.165) is 37.3 Å². The fraction of sp³-hybridized carbons (Fsp3) is 0.250. The summed E-state index contributed by atoms with van der Waals surface area (Å²) in [6, 6.07) is 18.9. The number of aromatic hydroxyl groups is 1. The maximum Gasteiger partial charge on any atom is 0.295 e. The molecule has 0 aliphatic carbocycles. The van der Waals surface area contributed by atoms with Gasteiger partial charge in [0.05, 0.1) is 22.7 Å². The number of hydrogen-bond donors (Lipinski definition) is 2. The van der Waals surface area contributed by atoms with Crippen molar-refractivity contribution in [3.8, 4) is 5.88 Å². The van der Waals surface area contributed by atoms with E-state index in [9.17, 15) is 20.0 Å². The Morgan fingerprint density at radius 3 is 2.49 bits per heavy atom. The molecule has 0 saturated carbocycles. The first-order valence-corrected chi connectivity index (χ1v) is 12.6. The fourth-order valence-electron chi connectivity index (χ4n) is 4.57. The van der Waals surface area contributed by atoms with E-state index in [1.54, 1.807) is 4.57 Å². The standard InChI is InChI=1S/C28H29N7O4/c1-19-7-10-21(11-8-19)29-23-12-9-20(17-25(23)35(38)39)27(36)31-30-26-22-5-3-4-6-24(22)34(28(26)37)18-33-15-13-32(2)14-16-33/h3-12,17,29,37H,13-16,18H2,1-2H3. The van der Waals surface area contributed by atoms with Crippen molar-refractivity contribution in [1.29, 1.82) is 0 Å². The molecule has 0 atom stereocenters.